The summed E-state index contributed by atoms with van der Waals surface area (Å²) in [6.45, 7) is 2.07. The van der Waals surface area contributed by atoms with E-state index in [1.54, 1.807) is 0 Å². The molecule has 0 unspecified atom stereocenters. The molecule has 1 saturated carbocycles. The van der Waals surface area contributed by atoms with Gasteiger partial charge in [0.2, 0.25) is 17.6 Å². The van der Waals surface area contributed by atoms with E-state index in [1.807, 2.05) is 0 Å². The van der Waals surface area contributed by atoms with E-state index >= 15 is 0 Å². The van der Waals surface area contributed by atoms with Gasteiger partial charge in [0.15, 0.2) is 0 Å². The Morgan fingerprint density at radius 3 is 2.72 bits per heavy atom. The third kappa shape index (κ3) is 4.33. The van der Waals surface area contributed by atoms with Crippen molar-refractivity contribution in [2.24, 2.45) is 0 Å². The van der Waals surface area contributed by atoms with Crippen LogP contribution in [0.1, 0.15) is 44.3 Å². The maximum atomic E-state index is 13.6. The van der Waals surface area contributed by atoms with E-state index in [4.69, 9.17) is 4.42 Å². The van der Waals surface area contributed by atoms with Gasteiger partial charge in [-0.25, -0.2) is 15.0 Å². The molecule has 3 aromatic rings. The molecule has 0 aliphatic heterocycles. The summed E-state index contributed by atoms with van der Waals surface area (Å²) >= 11 is 0. The molecule has 0 bridgehead atoms. The summed E-state index contributed by atoms with van der Waals surface area (Å²) in [5.74, 6) is -2.66. The van der Waals surface area contributed by atoms with E-state index in [0.29, 0.717) is 17.1 Å². The molecule has 0 atom stereocenters. The van der Waals surface area contributed by atoms with E-state index in [9.17, 15) is 13.6 Å². The molecule has 3 aromatic heterocycles. The molecule has 3 heterocycles. The van der Waals surface area contributed by atoms with Gasteiger partial charge in [0, 0.05) is 38.2 Å². The maximum Gasteiger partial charge on any atom is 0.303 e. The number of nitrogens with zero attached hydrogens (tertiary/aromatic N) is 5. The van der Waals surface area contributed by atoms with Gasteiger partial charge < -0.3 is 15.1 Å². The first-order chi connectivity index (χ1) is 13.8. The van der Waals surface area contributed by atoms with Crippen molar-refractivity contribution in [2.75, 3.05) is 10.6 Å². The number of nitrogens with one attached hydrogen (secondary N) is 2. The van der Waals surface area contributed by atoms with Crippen molar-refractivity contribution in [3.05, 3.63) is 36.2 Å². The number of halogens is 2. The normalized spacial score (nSPS) is 13.9. The molecule has 4 rings (SSSR count). The van der Waals surface area contributed by atoms with Crippen LogP contribution in [0.2, 0.25) is 0 Å². The monoisotopic (exact) mass is 401 g/mol. The molecule has 9 nitrogen and oxygen atoms in total. The number of carbonyl (C=O) groups excluding carboxylic acids is 1. The fourth-order valence-corrected chi connectivity index (χ4v) is 2.59. The van der Waals surface area contributed by atoms with Crippen LogP contribution in [0.4, 0.5) is 26.1 Å². The third-order valence-corrected chi connectivity index (χ3v) is 4.12. The highest BCUT2D eigenvalue weighted by Gasteiger charge is 2.30. The quantitative estimate of drug-likeness (QED) is 0.643. The van der Waals surface area contributed by atoms with Crippen molar-refractivity contribution in [1.29, 1.82) is 0 Å². The van der Waals surface area contributed by atoms with Crippen LogP contribution >= 0.6 is 0 Å². The highest BCUT2D eigenvalue weighted by molar-refractivity contribution is 5.89. The van der Waals surface area contributed by atoms with E-state index in [1.165, 1.54) is 31.5 Å². The van der Waals surface area contributed by atoms with Crippen LogP contribution in [0.15, 0.2) is 28.9 Å². The van der Waals surface area contributed by atoms with E-state index in [-0.39, 0.29) is 29.4 Å². The van der Waals surface area contributed by atoms with Crippen LogP contribution < -0.4 is 10.6 Å². The minimum absolute atomic E-state index is 0.139. The van der Waals surface area contributed by atoms with Gasteiger partial charge in [-0.3, -0.25) is 4.79 Å². The largest absolute Gasteiger partial charge is 0.420 e. The van der Waals surface area contributed by atoms with Crippen molar-refractivity contribution in [2.45, 2.75) is 38.5 Å². The average Bonchev–Trinajstić information content (AvgIpc) is 3.39. The number of carbonyl (C=O) groups is 1. The minimum Gasteiger partial charge on any atom is -0.420 e. The Morgan fingerprint density at radius 1 is 1.24 bits per heavy atom. The van der Waals surface area contributed by atoms with Gasteiger partial charge >= 0.3 is 5.92 Å². The minimum atomic E-state index is -3.19. The topological polar surface area (TPSA) is 119 Å². The molecule has 11 heteroatoms. The molecule has 0 aromatic carbocycles. The van der Waals surface area contributed by atoms with Crippen molar-refractivity contribution in [3.63, 3.8) is 0 Å². The van der Waals surface area contributed by atoms with Gasteiger partial charge in [0.1, 0.15) is 11.6 Å². The Kier molecular flexibility index (Phi) is 4.65. The first kappa shape index (κ1) is 18.8. The number of amides is 1. The van der Waals surface area contributed by atoms with Gasteiger partial charge in [-0.05, 0) is 18.9 Å². The SMILES string of the molecule is CC(=O)Nc1cc(Nc2ccnc(C(C)(F)F)n2)c(-c2nnc(C3CC3)o2)cn1. The summed E-state index contributed by atoms with van der Waals surface area (Å²) < 4.78 is 32.9. The van der Waals surface area contributed by atoms with E-state index in [2.05, 4.69) is 35.8 Å². The number of hydrogen-bond acceptors (Lipinski definition) is 8. The van der Waals surface area contributed by atoms with Gasteiger partial charge in [0.05, 0.1) is 11.3 Å². The number of hydrogen-bond donors (Lipinski definition) is 2. The van der Waals surface area contributed by atoms with E-state index < -0.39 is 11.7 Å². The van der Waals surface area contributed by atoms with Crippen molar-refractivity contribution < 1.29 is 18.0 Å². The summed E-state index contributed by atoms with van der Waals surface area (Å²) in [7, 11) is 0. The standard InChI is InChI=1S/C18H17F2N7O2/c1-9(28)23-14-7-12(24-13-5-6-21-17(25-13)18(2,19)20)11(8-22-14)16-27-26-15(29-16)10-3-4-10/h5-8,10H,3-4H2,1-2H3,(H2,21,22,23,24,25,28). The summed E-state index contributed by atoms with van der Waals surface area (Å²) in [5.41, 5.74) is 0.848. The predicted molar refractivity (Wildman–Crippen MR) is 98.7 cm³/mol. The van der Waals surface area contributed by atoms with Crippen molar-refractivity contribution >= 4 is 23.2 Å². The highest BCUT2D eigenvalue weighted by Crippen LogP contribution is 2.40. The molecular weight excluding hydrogens is 384 g/mol. The molecule has 1 aliphatic carbocycles. The second-order valence-corrected chi connectivity index (χ2v) is 6.79. The van der Waals surface area contributed by atoms with Crippen molar-refractivity contribution in [1.82, 2.24) is 25.1 Å². The van der Waals surface area contributed by atoms with Crippen LogP contribution in [-0.4, -0.2) is 31.1 Å². The molecule has 2 N–H and O–H groups in total. The summed E-state index contributed by atoms with van der Waals surface area (Å²) in [6.07, 6.45) is 4.69. The Bertz CT molecular complexity index is 1060. The number of aromatic nitrogens is 5. The maximum absolute atomic E-state index is 13.6. The zero-order valence-corrected chi connectivity index (χ0v) is 15.6. The second-order valence-electron chi connectivity index (χ2n) is 6.79. The third-order valence-electron chi connectivity index (χ3n) is 4.12. The molecule has 0 spiro atoms. The van der Waals surface area contributed by atoms with Crippen LogP contribution in [0, 0.1) is 0 Å². The number of anilines is 3. The summed E-state index contributed by atoms with van der Waals surface area (Å²) in [6, 6.07) is 2.98. The van der Waals surface area contributed by atoms with Gasteiger partial charge in [-0.15, -0.1) is 10.2 Å². The smallest absolute Gasteiger partial charge is 0.303 e. The number of rotatable bonds is 6. The summed E-state index contributed by atoms with van der Waals surface area (Å²) in [5, 5.41) is 13.6. The fourth-order valence-electron chi connectivity index (χ4n) is 2.59. The van der Waals surface area contributed by atoms with Crippen LogP contribution in [0.25, 0.3) is 11.5 Å². The van der Waals surface area contributed by atoms with E-state index in [0.717, 1.165) is 19.8 Å². The zero-order chi connectivity index (χ0) is 20.6. The Labute approximate surface area is 164 Å². The van der Waals surface area contributed by atoms with Gasteiger partial charge in [-0.1, -0.05) is 0 Å². The molecule has 150 valence electrons. The molecular formula is C18H17F2N7O2. The first-order valence-corrected chi connectivity index (χ1v) is 8.89. The lowest BCUT2D eigenvalue weighted by Gasteiger charge is -2.13. The lowest BCUT2D eigenvalue weighted by molar-refractivity contribution is -0.114. The van der Waals surface area contributed by atoms with Gasteiger partial charge in [-0.2, -0.15) is 8.78 Å². The Hall–Kier alpha value is -3.50. The Balaban J connectivity index is 1.71. The molecule has 29 heavy (non-hydrogen) atoms. The lowest BCUT2D eigenvalue weighted by Crippen LogP contribution is -2.13. The first-order valence-electron chi connectivity index (χ1n) is 8.89. The molecule has 1 fully saturated rings. The lowest BCUT2D eigenvalue weighted by atomic mass is 10.2. The fraction of sp³-hybridized carbons (Fsp3) is 0.333. The zero-order valence-electron chi connectivity index (χ0n) is 15.6. The molecule has 1 aliphatic rings. The van der Waals surface area contributed by atoms with Crippen LogP contribution in [-0.2, 0) is 10.7 Å². The number of alkyl halides is 2. The average molecular weight is 401 g/mol. The van der Waals surface area contributed by atoms with Gasteiger partial charge in [0.25, 0.3) is 5.89 Å². The molecule has 1 amide bonds. The van der Waals surface area contributed by atoms with Crippen LogP contribution in [0.5, 0.6) is 0 Å². The second kappa shape index (κ2) is 7.15. The summed E-state index contributed by atoms with van der Waals surface area (Å²) in [4.78, 5) is 23.0. The molecule has 0 saturated heterocycles. The van der Waals surface area contributed by atoms with Crippen LogP contribution in [0.3, 0.4) is 0 Å². The van der Waals surface area contributed by atoms with Crippen molar-refractivity contribution in [3.8, 4) is 11.5 Å². The predicted octanol–water partition coefficient (Wildman–Crippen LogP) is 3.61. The highest BCUT2D eigenvalue weighted by atomic mass is 19.3. The molecule has 0 radical (unpaired) electrons. The number of pyridine rings is 1. The Morgan fingerprint density at radius 2 is 2.03 bits per heavy atom.